The smallest absolute Gasteiger partial charge is 0.150 e. The number of nitrogens with two attached hydrogens (primary N) is 1. The third-order valence-corrected chi connectivity index (χ3v) is 3.11. The lowest BCUT2D eigenvalue weighted by Gasteiger charge is -2.27. The lowest BCUT2D eigenvalue weighted by atomic mass is 9.93. The zero-order valence-corrected chi connectivity index (χ0v) is 8.28. The van der Waals surface area contributed by atoms with Gasteiger partial charge in [-0.1, -0.05) is 0 Å². The summed E-state index contributed by atoms with van der Waals surface area (Å²) in [6.45, 7) is 0. The highest BCUT2D eigenvalue weighted by atomic mass is 19.1. The van der Waals surface area contributed by atoms with Gasteiger partial charge in [0, 0.05) is 12.2 Å². The predicted molar refractivity (Wildman–Crippen MR) is 57.0 cm³/mol. The Morgan fingerprint density at radius 3 is 2.93 bits per heavy atom. The summed E-state index contributed by atoms with van der Waals surface area (Å²) >= 11 is 0. The third-order valence-electron chi connectivity index (χ3n) is 3.11. The largest absolute Gasteiger partial charge is 0.397 e. The standard InChI is InChI=1S/C11H12FN3/c12-10-6-15(8-2-1-3-8)11-9(10)4-7(13)5-14-11/h4-6,8H,1-3,13H2. The Hall–Kier alpha value is -1.58. The number of rotatable bonds is 1. The van der Waals surface area contributed by atoms with Crippen LogP contribution in [0.1, 0.15) is 25.3 Å². The minimum atomic E-state index is -0.225. The van der Waals surface area contributed by atoms with Gasteiger partial charge in [0.1, 0.15) is 11.5 Å². The molecule has 0 unspecified atom stereocenters. The number of hydrogen-bond acceptors (Lipinski definition) is 2. The summed E-state index contributed by atoms with van der Waals surface area (Å²) in [5.74, 6) is -0.225. The monoisotopic (exact) mass is 205 g/mol. The first-order valence-electron chi connectivity index (χ1n) is 5.17. The second-order valence-electron chi connectivity index (χ2n) is 4.11. The Balaban J connectivity index is 2.22. The van der Waals surface area contributed by atoms with Crippen LogP contribution in [0.15, 0.2) is 18.5 Å². The van der Waals surface area contributed by atoms with Crippen LogP contribution in [0.3, 0.4) is 0 Å². The van der Waals surface area contributed by atoms with Gasteiger partial charge in [0.05, 0.1) is 17.3 Å². The number of pyridine rings is 1. The van der Waals surface area contributed by atoms with Crippen molar-refractivity contribution in [3.05, 3.63) is 24.3 Å². The number of nitrogens with zero attached hydrogens (tertiary/aromatic N) is 2. The number of fused-ring (bicyclic) bond motifs is 1. The Morgan fingerprint density at radius 1 is 1.47 bits per heavy atom. The minimum absolute atomic E-state index is 0.225. The number of aromatic nitrogens is 2. The second-order valence-corrected chi connectivity index (χ2v) is 4.11. The van der Waals surface area contributed by atoms with E-state index in [1.807, 2.05) is 4.57 Å². The van der Waals surface area contributed by atoms with Crippen LogP contribution in [0.2, 0.25) is 0 Å². The number of hydrogen-bond donors (Lipinski definition) is 1. The molecule has 0 saturated heterocycles. The summed E-state index contributed by atoms with van der Waals surface area (Å²) in [7, 11) is 0. The van der Waals surface area contributed by atoms with Crippen LogP contribution in [0.5, 0.6) is 0 Å². The Labute approximate surface area is 86.7 Å². The molecule has 0 aromatic carbocycles. The van der Waals surface area contributed by atoms with Crippen molar-refractivity contribution in [1.82, 2.24) is 9.55 Å². The van der Waals surface area contributed by atoms with Crippen molar-refractivity contribution in [3.8, 4) is 0 Å². The molecule has 2 aromatic rings. The highest BCUT2D eigenvalue weighted by Crippen LogP contribution is 2.35. The van der Waals surface area contributed by atoms with Gasteiger partial charge < -0.3 is 10.3 Å². The van der Waals surface area contributed by atoms with E-state index < -0.39 is 0 Å². The van der Waals surface area contributed by atoms with Gasteiger partial charge in [-0.3, -0.25) is 0 Å². The van der Waals surface area contributed by atoms with Crippen molar-refractivity contribution in [1.29, 1.82) is 0 Å². The van der Waals surface area contributed by atoms with Gasteiger partial charge in [-0.15, -0.1) is 0 Å². The molecule has 0 radical (unpaired) electrons. The van der Waals surface area contributed by atoms with E-state index in [0.717, 1.165) is 12.8 Å². The van der Waals surface area contributed by atoms with E-state index in [2.05, 4.69) is 4.98 Å². The maximum absolute atomic E-state index is 13.6. The lowest BCUT2D eigenvalue weighted by Crippen LogP contribution is -2.16. The zero-order chi connectivity index (χ0) is 10.4. The van der Waals surface area contributed by atoms with Gasteiger partial charge in [0.2, 0.25) is 0 Å². The average molecular weight is 205 g/mol. The molecule has 3 nitrogen and oxygen atoms in total. The molecule has 78 valence electrons. The molecule has 1 saturated carbocycles. The summed E-state index contributed by atoms with van der Waals surface area (Å²) in [6.07, 6.45) is 6.59. The van der Waals surface area contributed by atoms with Crippen LogP contribution in [-0.2, 0) is 0 Å². The van der Waals surface area contributed by atoms with Crippen LogP contribution in [0.25, 0.3) is 11.0 Å². The van der Waals surface area contributed by atoms with Crippen molar-refractivity contribution in [3.63, 3.8) is 0 Å². The highest BCUT2D eigenvalue weighted by Gasteiger charge is 2.22. The van der Waals surface area contributed by atoms with Gasteiger partial charge in [-0.05, 0) is 25.3 Å². The van der Waals surface area contributed by atoms with Crippen LogP contribution in [0, 0.1) is 5.82 Å². The average Bonchev–Trinajstić information content (AvgIpc) is 2.41. The molecule has 2 aromatic heterocycles. The van der Waals surface area contributed by atoms with Crippen molar-refractivity contribution in [2.24, 2.45) is 0 Å². The van der Waals surface area contributed by atoms with Crippen LogP contribution in [-0.4, -0.2) is 9.55 Å². The predicted octanol–water partition coefficient (Wildman–Crippen LogP) is 2.48. The molecular formula is C11H12FN3. The van der Waals surface area contributed by atoms with Gasteiger partial charge >= 0.3 is 0 Å². The molecule has 1 aliphatic rings. The van der Waals surface area contributed by atoms with E-state index in [1.54, 1.807) is 18.5 Å². The molecular weight excluding hydrogens is 193 g/mol. The molecule has 1 fully saturated rings. The van der Waals surface area contributed by atoms with Crippen molar-refractivity contribution >= 4 is 16.7 Å². The van der Waals surface area contributed by atoms with Crippen LogP contribution < -0.4 is 5.73 Å². The lowest BCUT2D eigenvalue weighted by molar-refractivity contribution is 0.318. The second kappa shape index (κ2) is 2.95. The van der Waals surface area contributed by atoms with E-state index in [9.17, 15) is 4.39 Å². The molecule has 0 bridgehead atoms. The van der Waals surface area contributed by atoms with E-state index >= 15 is 0 Å². The molecule has 2 N–H and O–H groups in total. The fraction of sp³-hybridized carbons (Fsp3) is 0.364. The van der Waals surface area contributed by atoms with Crippen LogP contribution in [0.4, 0.5) is 10.1 Å². The van der Waals surface area contributed by atoms with E-state index in [-0.39, 0.29) is 5.82 Å². The Bertz CT molecular complexity index is 514. The first-order valence-corrected chi connectivity index (χ1v) is 5.17. The van der Waals surface area contributed by atoms with Crippen molar-refractivity contribution in [2.75, 3.05) is 5.73 Å². The number of anilines is 1. The summed E-state index contributed by atoms with van der Waals surface area (Å²) in [6, 6.07) is 2.07. The maximum atomic E-state index is 13.6. The summed E-state index contributed by atoms with van der Waals surface area (Å²) in [4.78, 5) is 4.20. The fourth-order valence-corrected chi connectivity index (χ4v) is 2.05. The molecule has 4 heteroatoms. The highest BCUT2D eigenvalue weighted by molar-refractivity contribution is 5.80. The fourth-order valence-electron chi connectivity index (χ4n) is 2.05. The van der Waals surface area contributed by atoms with Crippen molar-refractivity contribution < 1.29 is 4.39 Å². The van der Waals surface area contributed by atoms with E-state index in [4.69, 9.17) is 5.73 Å². The quantitative estimate of drug-likeness (QED) is 0.777. The minimum Gasteiger partial charge on any atom is -0.397 e. The Morgan fingerprint density at radius 2 is 2.27 bits per heavy atom. The molecule has 3 rings (SSSR count). The molecule has 0 aliphatic heterocycles. The molecule has 0 atom stereocenters. The topological polar surface area (TPSA) is 43.8 Å². The SMILES string of the molecule is Nc1cnc2c(c1)c(F)cn2C1CCC1. The van der Waals surface area contributed by atoms with Crippen molar-refractivity contribution in [2.45, 2.75) is 25.3 Å². The third kappa shape index (κ3) is 1.21. The molecule has 0 spiro atoms. The molecule has 2 heterocycles. The molecule has 15 heavy (non-hydrogen) atoms. The Kier molecular flexibility index (Phi) is 1.71. The first-order chi connectivity index (χ1) is 7.25. The normalized spacial score (nSPS) is 16.9. The first kappa shape index (κ1) is 8.71. The van der Waals surface area contributed by atoms with Crippen LogP contribution >= 0.6 is 0 Å². The number of halogens is 1. The van der Waals surface area contributed by atoms with Gasteiger partial charge in [0.15, 0.2) is 0 Å². The summed E-state index contributed by atoms with van der Waals surface area (Å²) < 4.78 is 15.5. The van der Waals surface area contributed by atoms with E-state index in [0.29, 0.717) is 22.8 Å². The van der Waals surface area contributed by atoms with Gasteiger partial charge in [-0.2, -0.15) is 0 Å². The van der Waals surface area contributed by atoms with E-state index in [1.165, 1.54) is 6.42 Å². The summed E-state index contributed by atoms with van der Waals surface area (Å²) in [5.41, 5.74) is 6.81. The number of nitrogen functional groups attached to an aromatic ring is 1. The van der Waals surface area contributed by atoms with Gasteiger partial charge in [0.25, 0.3) is 0 Å². The molecule has 0 amide bonds. The summed E-state index contributed by atoms with van der Waals surface area (Å²) in [5, 5.41) is 0.530. The van der Waals surface area contributed by atoms with Gasteiger partial charge in [-0.25, -0.2) is 9.37 Å². The molecule has 1 aliphatic carbocycles. The zero-order valence-electron chi connectivity index (χ0n) is 8.28. The maximum Gasteiger partial charge on any atom is 0.150 e.